The topological polar surface area (TPSA) is 114 Å². The van der Waals surface area contributed by atoms with Crippen molar-refractivity contribution >= 4 is 29.1 Å². The Kier molecular flexibility index (Phi) is 7.95. The van der Waals surface area contributed by atoms with Crippen molar-refractivity contribution in [3.05, 3.63) is 59.7 Å². The van der Waals surface area contributed by atoms with E-state index < -0.39 is 73.8 Å². The quantitative estimate of drug-likeness (QED) is 0.425. The van der Waals surface area contributed by atoms with E-state index in [1.165, 1.54) is 6.07 Å². The van der Waals surface area contributed by atoms with Crippen molar-refractivity contribution in [1.82, 2.24) is 5.32 Å². The van der Waals surface area contributed by atoms with Gasteiger partial charge in [0.1, 0.15) is 5.75 Å². The van der Waals surface area contributed by atoms with Crippen LogP contribution < -0.4 is 20.7 Å². The van der Waals surface area contributed by atoms with Crippen molar-refractivity contribution < 1.29 is 41.1 Å². The molecule has 0 spiro atoms. The number of hydrogen-bond donors (Lipinski definition) is 2. The third-order valence-electron chi connectivity index (χ3n) is 7.65. The molecule has 3 atom stereocenters. The van der Waals surface area contributed by atoms with Crippen LogP contribution in [0.15, 0.2) is 53.5 Å². The monoisotopic (exact) mass is 592 g/mol. The Bertz CT molecular complexity index is 1390. The van der Waals surface area contributed by atoms with E-state index in [0.29, 0.717) is 11.1 Å². The fourth-order valence-electron chi connectivity index (χ4n) is 5.42. The van der Waals surface area contributed by atoms with E-state index in [0.717, 1.165) is 17.7 Å². The summed E-state index contributed by atoms with van der Waals surface area (Å²) in [6.07, 6.45) is -6.86. The Labute approximate surface area is 238 Å². The number of nitrogens with two attached hydrogens (primary N) is 1. The molecule has 224 valence electrons. The molecule has 1 saturated carbocycles. The van der Waals surface area contributed by atoms with E-state index in [4.69, 9.17) is 10.5 Å². The first-order valence-corrected chi connectivity index (χ1v) is 13.6. The number of ether oxygens (including phenoxy) is 1. The van der Waals surface area contributed by atoms with Crippen LogP contribution >= 0.6 is 0 Å². The van der Waals surface area contributed by atoms with Crippen molar-refractivity contribution in [3.8, 4) is 5.75 Å². The van der Waals surface area contributed by atoms with Crippen molar-refractivity contribution in [3.63, 3.8) is 0 Å². The second-order valence-corrected chi connectivity index (χ2v) is 10.9. The van der Waals surface area contributed by atoms with Gasteiger partial charge in [-0.25, -0.2) is 13.8 Å². The molecule has 2 aromatic rings. The summed E-state index contributed by atoms with van der Waals surface area (Å²) >= 11 is 0. The number of aliphatic imine (C=N–C) groups is 1. The number of halogens is 5. The van der Waals surface area contributed by atoms with Crippen LogP contribution in [-0.4, -0.2) is 54.8 Å². The minimum absolute atomic E-state index is 0.00918. The number of anilines is 1. The minimum Gasteiger partial charge on any atom is -0.485 e. The molecule has 0 bridgehead atoms. The molecule has 2 aromatic carbocycles. The van der Waals surface area contributed by atoms with Gasteiger partial charge < -0.3 is 15.8 Å². The van der Waals surface area contributed by atoms with Gasteiger partial charge in [-0.05, 0) is 24.8 Å². The van der Waals surface area contributed by atoms with Crippen molar-refractivity contribution in [1.29, 1.82) is 0 Å². The number of amides is 3. The third kappa shape index (κ3) is 6.55. The molecule has 3 amide bonds. The molecular formula is C29H29F5N4O4. The van der Waals surface area contributed by atoms with Gasteiger partial charge >= 0.3 is 6.18 Å². The highest BCUT2D eigenvalue weighted by Gasteiger charge is 2.46. The number of carbonyl (C=O) groups excluding carboxylic acids is 3. The second kappa shape index (κ2) is 11.3. The number of nitrogens with zero attached hydrogens (tertiary/aromatic N) is 2. The number of carbonyl (C=O) groups is 3. The maximum atomic E-state index is 14.8. The number of para-hydroxylation sites is 1. The summed E-state index contributed by atoms with van der Waals surface area (Å²) in [4.78, 5) is 45.1. The van der Waals surface area contributed by atoms with E-state index in [1.54, 1.807) is 42.5 Å². The summed E-state index contributed by atoms with van der Waals surface area (Å²) in [5.74, 6) is -9.11. The van der Waals surface area contributed by atoms with Crippen LogP contribution in [0.4, 0.5) is 27.6 Å². The number of primary amides is 1. The average molecular weight is 593 g/mol. The molecule has 0 saturated heterocycles. The van der Waals surface area contributed by atoms with Crippen LogP contribution in [0.5, 0.6) is 5.75 Å². The fourth-order valence-corrected chi connectivity index (χ4v) is 5.42. The lowest BCUT2D eigenvalue weighted by Gasteiger charge is -2.28. The van der Waals surface area contributed by atoms with Crippen LogP contribution in [0.3, 0.4) is 0 Å². The van der Waals surface area contributed by atoms with Crippen molar-refractivity contribution in [2.75, 3.05) is 18.1 Å². The molecular weight excluding hydrogens is 563 g/mol. The predicted molar refractivity (Wildman–Crippen MR) is 142 cm³/mol. The summed E-state index contributed by atoms with van der Waals surface area (Å²) in [5.41, 5.74) is 6.55. The van der Waals surface area contributed by atoms with E-state index in [2.05, 4.69) is 10.3 Å². The molecule has 3 N–H and O–H groups in total. The zero-order chi connectivity index (χ0) is 30.2. The maximum Gasteiger partial charge on any atom is 0.389 e. The van der Waals surface area contributed by atoms with Gasteiger partial charge in [0.2, 0.25) is 18.0 Å². The Morgan fingerprint density at radius 3 is 2.45 bits per heavy atom. The molecule has 13 heteroatoms. The zero-order valence-electron chi connectivity index (χ0n) is 22.4. The molecule has 0 unspecified atom stereocenters. The van der Waals surface area contributed by atoms with Crippen molar-refractivity contribution in [2.24, 2.45) is 28.5 Å². The van der Waals surface area contributed by atoms with Crippen LogP contribution in [0.1, 0.15) is 43.2 Å². The summed E-state index contributed by atoms with van der Waals surface area (Å²) in [6.45, 7) is -2.08. The zero-order valence-corrected chi connectivity index (χ0v) is 22.4. The third-order valence-corrected chi connectivity index (χ3v) is 7.65. The second-order valence-electron chi connectivity index (χ2n) is 10.9. The van der Waals surface area contributed by atoms with Gasteiger partial charge in [0.15, 0.2) is 6.61 Å². The van der Waals surface area contributed by atoms with E-state index in [1.807, 2.05) is 0 Å². The lowest BCUT2D eigenvalue weighted by atomic mass is 9.83. The van der Waals surface area contributed by atoms with Gasteiger partial charge in [-0.2, -0.15) is 13.2 Å². The summed E-state index contributed by atoms with van der Waals surface area (Å²) in [6, 6.07) is 13.1. The lowest BCUT2D eigenvalue weighted by Crippen LogP contribution is -2.53. The first-order chi connectivity index (χ1) is 19.8. The van der Waals surface area contributed by atoms with Crippen LogP contribution in [0.25, 0.3) is 0 Å². The normalized spacial score (nSPS) is 21.2. The van der Waals surface area contributed by atoms with E-state index >= 15 is 0 Å². The standard InChI is InChI=1S/C29H29F5N4O4/c30-28(31)14-38-23-19(7-4-8-21(23)42-15-28)22(17-5-2-1-3-6-17)36-25(27(38)41)37-26(40)18(11-12-29(32,33)34)20(24(35)39)13-16-9-10-16/h1-8,16,18,20,25H,9-15H2,(H2,35,39)(H,37,40)/t18-,20+,25-/m1/s1. The van der Waals surface area contributed by atoms with Crippen LogP contribution in [0.2, 0.25) is 0 Å². The Morgan fingerprint density at radius 1 is 1.10 bits per heavy atom. The van der Waals surface area contributed by atoms with E-state index in [-0.39, 0.29) is 29.5 Å². The Balaban J connectivity index is 1.56. The van der Waals surface area contributed by atoms with Gasteiger partial charge in [-0.15, -0.1) is 0 Å². The number of rotatable bonds is 9. The highest BCUT2D eigenvalue weighted by molar-refractivity contribution is 6.21. The molecule has 1 aliphatic carbocycles. The number of nitrogens with one attached hydrogen (secondary N) is 1. The first kappa shape index (κ1) is 29.5. The average Bonchev–Trinajstić information content (AvgIpc) is 3.77. The molecule has 8 nitrogen and oxygen atoms in total. The molecule has 5 rings (SSSR count). The largest absolute Gasteiger partial charge is 0.485 e. The van der Waals surface area contributed by atoms with Gasteiger partial charge in [-0.1, -0.05) is 55.3 Å². The molecule has 2 aliphatic heterocycles. The first-order valence-electron chi connectivity index (χ1n) is 13.6. The Hall–Kier alpha value is -4.03. The highest BCUT2D eigenvalue weighted by atomic mass is 19.4. The molecule has 2 heterocycles. The van der Waals surface area contributed by atoms with Gasteiger partial charge in [0, 0.05) is 29.4 Å². The molecule has 0 radical (unpaired) electrons. The molecule has 3 aliphatic rings. The number of alkyl halides is 5. The van der Waals surface area contributed by atoms with E-state index in [9.17, 15) is 36.3 Å². The predicted octanol–water partition coefficient (Wildman–Crippen LogP) is 4.20. The smallest absolute Gasteiger partial charge is 0.389 e. The number of benzene rings is 2. The minimum atomic E-state index is -4.62. The molecule has 1 fully saturated rings. The SMILES string of the molecule is NC(=O)[C@@H](CC1CC1)[C@@H](CCC(F)(F)F)C(=O)N[C@H]1N=C(c2ccccc2)c2cccc3c2N(CC(F)(F)CO3)C1=O. The van der Waals surface area contributed by atoms with Crippen molar-refractivity contribution in [2.45, 2.75) is 50.4 Å². The number of hydrogen-bond acceptors (Lipinski definition) is 5. The molecule has 42 heavy (non-hydrogen) atoms. The maximum absolute atomic E-state index is 14.8. The fraction of sp³-hybridized carbons (Fsp3) is 0.448. The lowest BCUT2D eigenvalue weighted by molar-refractivity contribution is -0.146. The highest BCUT2D eigenvalue weighted by Crippen LogP contribution is 2.42. The van der Waals surface area contributed by atoms with Crippen LogP contribution in [0, 0.1) is 17.8 Å². The van der Waals surface area contributed by atoms with Gasteiger partial charge in [-0.3, -0.25) is 19.3 Å². The van der Waals surface area contributed by atoms with Crippen LogP contribution in [-0.2, 0) is 14.4 Å². The summed E-state index contributed by atoms with van der Waals surface area (Å²) in [5, 5.41) is 2.39. The summed E-state index contributed by atoms with van der Waals surface area (Å²) < 4.78 is 74.6. The van der Waals surface area contributed by atoms with Gasteiger partial charge in [0.25, 0.3) is 11.8 Å². The Morgan fingerprint density at radius 2 is 1.81 bits per heavy atom. The summed E-state index contributed by atoms with van der Waals surface area (Å²) in [7, 11) is 0. The molecule has 0 aromatic heterocycles. The van der Waals surface area contributed by atoms with Gasteiger partial charge in [0.05, 0.1) is 17.9 Å².